The summed E-state index contributed by atoms with van der Waals surface area (Å²) >= 11 is 0. The van der Waals surface area contributed by atoms with Crippen LogP contribution in [0.25, 0.3) is 0 Å². The van der Waals surface area contributed by atoms with E-state index in [-0.39, 0.29) is 30.9 Å². The van der Waals surface area contributed by atoms with Crippen molar-refractivity contribution in [3.05, 3.63) is 24.0 Å². The number of hydrogen-bond donors (Lipinski definition) is 1. The molecule has 0 aliphatic carbocycles. The van der Waals surface area contributed by atoms with E-state index in [1.165, 1.54) is 0 Å². The van der Waals surface area contributed by atoms with Gasteiger partial charge in [-0.3, -0.25) is 4.98 Å². The highest BCUT2D eigenvalue weighted by atomic mass is 35.5. The molecule has 0 radical (unpaired) electrons. The Morgan fingerprint density at radius 3 is 2.92 bits per heavy atom. The number of ether oxygens (including phenoxy) is 1. The minimum atomic E-state index is 0. The molecule has 13 heavy (non-hydrogen) atoms. The van der Waals surface area contributed by atoms with Gasteiger partial charge in [-0.2, -0.15) is 0 Å². The maximum absolute atomic E-state index is 5.80. The molecular formula is C8H12Cl2N2O. The van der Waals surface area contributed by atoms with E-state index in [0.29, 0.717) is 6.61 Å². The van der Waals surface area contributed by atoms with Crippen molar-refractivity contribution in [2.75, 3.05) is 6.61 Å². The van der Waals surface area contributed by atoms with Gasteiger partial charge in [0.25, 0.3) is 0 Å². The lowest BCUT2D eigenvalue weighted by Gasteiger charge is -2.20. The van der Waals surface area contributed by atoms with E-state index in [2.05, 4.69) is 4.98 Å². The Kier molecular flexibility index (Phi) is 5.06. The zero-order valence-electron chi connectivity index (χ0n) is 6.97. The zero-order chi connectivity index (χ0) is 7.68. The van der Waals surface area contributed by atoms with Gasteiger partial charge in [0.2, 0.25) is 0 Å². The number of pyridine rings is 1. The van der Waals surface area contributed by atoms with E-state index in [0.717, 1.165) is 17.9 Å². The molecule has 5 heteroatoms. The van der Waals surface area contributed by atoms with Crippen LogP contribution in [-0.2, 0) is 0 Å². The first-order valence-corrected chi connectivity index (χ1v) is 3.71. The van der Waals surface area contributed by atoms with E-state index in [1.807, 2.05) is 12.1 Å². The van der Waals surface area contributed by atoms with E-state index in [9.17, 15) is 0 Å². The van der Waals surface area contributed by atoms with Crippen molar-refractivity contribution in [1.29, 1.82) is 0 Å². The molecule has 0 bridgehead atoms. The molecule has 0 saturated heterocycles. The number of nitrogens with zero attached hydrogens (tertiary/aromatic N) is 1. The van der Waals surface area contributed by atoms with Crippen molar-refractivity contribution in [3.63, 3.8) is 0 Å². The average Bonchev–Trinajstić information content (AvgIpc) is 2.06. The van der Waals surface area contributed by atoms with E-state index >= 15 is 0 Å². The Bertz CT molecular complexity index is 270. The highest BCUT2D eigenvalue weighted by molar-refractivity contribution is 5.85. The molecule has 0 spiro atoms. The SMILES string of the molecule is Cl.Cl.NC1CCOc2cccnc21. The van der Waals surface area contributed by atoms with Gasteiger partial charge in [-0.15, -0.1) is 24.8 Å². The Labute approximate surface area is 89.5 Å². The molecule has 1 aromatic rings. The van der Waals surface area contributed by atoms with Crippen LogP contribution in [0.5, 0.6) is 5.75 Å². The lowest BCUT2D eigenvalue weighted by atomic mass is 10.1. The third-order valence-electron chi connectivity index (χ3n) is 1.84. The topological polar surface area (TPSA) is 48.1 Å². The van der Waals surface area contributed by atoms with Crippen LogP contribution in [0.3, 0.4) is 0 Å². The van der Waals surface area contributed by atoms with E-state index in [1.54, 1.807) is 6.20 Å². The summed E-state index contributed by atoms with van der Waals surface area (Å²) < 4.78 is 5.35. The largest absolute Gasteiger partial charge is 0.492 e. The molecule has 1 aliphatic rings. The molecule has 2 rings (SSSR count). The summed E-state index contributed by atoms with van der Waals surface area (Å²) in [5.41, 5.74) is 6.69. The van der Waals surface area contributed by atoms with Gasteiger partial charge in [-0.25, -0.2) is 0 Å². The maximum Gasteiger partial charge on any atom is 0.142 e. The lowest BCUT2D eigenvalue weighted by molar-refractivity contribution is 0.264. The van der Waals surface area contributed by atoms with Crippen molar-refractivity contribution >= 4 is 24.8 Å². The second kappa shape index (κ2) is 5.27. The van der Waals surface area contributed by atoms with Crippen LogP contribution in [0.4, 0.5) is 0 Å². The lowest BCUT2D eigenvalue weighted by Crippen LogP contribution is -2.21. The summed E-state index contributed by atoms with van der Waals surface area (Å²) in [4.78, 5) is 4.15. The van der Waals surface area contributed by atoms with Gasteiger partial charge in [0, 0.05) is 12.6 Å². The third-order valence-corrected chi connectivity index (χ3v) is 1.84. The standard InChI is InChI=1S/C8H10N2O.2ClH/c9-6-3-5-11-7-2-1-4-10-8(6)7;;/h1-2,4,6H,3,5,9H2;2*1H. The predicted molar refractivity (Wildman–Crippen MR) is 55.8 cm³/mol. The molecule has 1 unspecified atom stereocenters. The first kappa shape index (κ1) is 12.5. The van der Waals surface area contributed by atoms with Crippen LogP contribution in [0, 0.1) is 0 Å². The summed E-state index contributed by atoms with van der Waals surface area (Å²) in [6.07, 6.45) is 2.61. The fourth-order valence-electron chi connectivity index (χ4n) is 1.24. The Morgan fingerprint density at radius 1 is 1.46 bits per heavy atom. The molecular weight excluding hydrogens is 211 g/mol. The Morgan fingerprint density at radius 2 is 2.23 bits per heavy atom. The molecule has 3 nitrogen and oxygen atoms in total. The summed E-state index contributed by atoms with van der Waals surface area (Å²) in [5, 5.41) is 0. The number of nitrogens with two attached hydrogens (primary N) is 1. The first-order valence-electron chi connectivity index (χ1n) is 3.71. The number of aromatic nitrogens is 1. The minimum Gasteiger partial charge on any atom is -0.492 e. The fraction of sp³-hybridized carbons (Fsp3) is 0.375. The number of halogens is 2. The number of rotatable bonds is 0. The second-order valence-corrected chi connectivity index (χ2v) is 2.63. The second-order valence-electron chi connectivity index (χ2n) is 2.63. The summed E-state index contributed by atoms with van der Waals surface area (Å²) in [6, 6.07) is 3.82. The van der Waals surface area contributed by atoms with Crippen LogP contribution >= 0.6 is 24.8 Å². The van der Waals surface area contributed by atoms with Gasteiger partial charge >= 0.3 is 0 Å². The maximum atomic E-state index is 5.80. The smallest absolute Gasteiger partial charge is 0.142 e. The van der Waals surface area contributed by atoms with Gasteiger partial charge in [-0.05, 0) is 12.1 Å². The summed E-state index contributed by atoms with van der Waals surface area (Å²) in [5.74, 6) is 0.839. The molecule has 0 amide bonds. The highest BCUT2D eigenvalue weighted by Crippen LogP contribution is 2.27. The monoisotopic (exact) mass is 222 g/mol. The van der Waals surface area contributed by atoms with Crippen LogP contribution in [-0.4, -0.2) is 11.6 Å². The molecule has 0 fully saturated rings. The molecule has 2 N–H and O–H groups in total. The Hall–Kier alpha value is -0.510. The van der Waals surface area contributed by atoms with Gasteiger partial charge in [0.1, 0.15) is 5.75 Å². The molecule has 74 valence electrons. The molecule has 1 aliphatic heterocycles. The normalized spacial score (nSPS) is 18.7. The summed E-state index contributed by atoms with van der Waals surface area (Å²) in [6.45, 7) is 0.708. The van der Waals surface area contributed by atoms with E-state index in [4.69, 9.17) is 10.5 Å². The zero-order valence-corrected chi connectivity index (χ0v) is 8.61. The van der Waals surface area contributed by atoms with Gasteiger partial charge < -0.3 is 10.5 Å². The quantitative estimate of drug-likeness (QED) is 0.728. The van der Waals surface area contributed by atoms with Crippen LogP contribution < -0.4 is 10.5 Å². The van der Waals surface area contributed by atoms with Crippen molar-refractivity contribution < 1.29 is 4.74 Å². The van der Waals surface area contributed by atoms with Gasteiger partial charge in [-0.1, -0.05) is 0 Å². The van der Waals surface area contributed by atoms with Crippen molar-refractivity contribution in [1.82, 2.24) is 4.98 Å². The third kappa shape index (κ3) is 2.46. The fourth-order valence-corrected chi connectivity index (χ4v) is 1.24. The van der Waals surface area contributed by atoms with Crippen LogP contribution in [0.1, 0.15) is 18.2 Å². The molecule has 1 aromatic heterocycles. The summed E-state index contributed by atoms with van der Waals surface area (Å²) in [7, 11) is 0. The minimum absolute atomic E-state index is 0. The van der Waals surface area contributed by atoms with Gasteiger partial charge in [0.15, 0.2) is 0 Å². The van der Waals surface area contributed by atoms with Gasteiger partial charge in [0.05, 0.1) is 18.3 Å². The Balaban J connectivity index is 0.000000720. The van der Waals surface area contributed by atoms with Crippen LogP contribution in [0.2, 0.25) is 0 Å². The van der Waals surface area contributed by atoms with Crippen molar-refractivity contribution in [2.24, 2.45) is 5.73 Å². The highest BCUT2D eigenvalue weighted by Gasteiger charge is 2.17. The first-order chi connectivity index (χ1) is 5.38. The predicted octanol–water partition coefficient (Wildman–Crippen LogP) is 1.71. The molecule has 2 heterocycles. The van der Waals surface area contributed by atoms with Crippen molar-refractivity contribution in [2.45, 2.75) is 12.5 Å². The average molecular weight is 223 g/mol. The molecule has 0 aromatic carbocycles. The molecule has 1 atom stereocenters. The van der Waals surface area contributed by atoms with Crippen molar-refractivity contribution in [3.8, 4) is 5.75 Å². The number of fused-ring (bicyclic) bond motifs is 1. The van der Waals surface area contributed by atoms with E-state index < -0.39 is 0 Å². The molecule has 0 saturated carbocycles. The van der Waals surface area contributed by atoms with Crippen LogP contribution in [0.15, 0.2) is 18.3 Å². The number of hydrogen-bond acceptors (Lipinski definition) is 3.